The lowest BCUT2D eigenvalue weighted by molar-refractivity contribution is -0.0657. The van der Waals surface area contributed by atoms with Gasteiger partial charge in [0.05, 0.1) is 23.0 Å². The normalized spacial score (nSPS) is 20.0. The van der Waals surface area contributed by atoms with Crippen molar-refractivity contribution in [2.45, 2.75) is 117 Å². The van der Waals surface area contributed by atoms with Crippen molar-refractivity contribution in [2.75, 3.05) is 20.4 Å². The molecule has 2 aromatic carbocycles. The Morgan fingerprint density at radius 3 is 2.33 bits per heavy atom. The van der Waals surface area contributed by atoms with Crippen LogP contribution in [0.2, 0.25) is 0 Å². The molecule has 1 fully saturated rings. The van der Waals surface area contributed by atoms with Crippen LogP contribution in [0.5, 0.6) is 11.5 Å². The fourth-order valence-corrected chi connectivity index (χ4v) is 9.27. The molecule has 61 heavy (non-hydrogen) atoms. The molecule has 330 valence electrons. The minimum absolute atomic E-state index is 0.0266. The first-order chi connectivity index (χ1) is 28.5. The molecule has 1 aromatic heterocycles. The van der Waals surface area contributed by atoms with Crippen LogP contribution in [0.3, 0.4) is 0 Å². The smallest absolute Gasteiger partial charge is 0.451 e. The fourth-order valence-electron chi connectivity index (χ4n) is 7.44. The lowest BCUT2D eigenvalue weighted by atomic mass is 9.84. The quantitative estimate of drug-likeness (QED) is 0.141. The van der Waals surface area contributed by atoms with Crippen LogP contribution in [-0.2, 0) is 36.3 Å². The van der Waals surface area contributed by atoms with Crippen LogP contribution >= 0.6 is 7.82 Å². The number of fused-ring (bicyclic) bond motifs is 5. The third kappa shape index (κ3) is 10.4. The van der Waals surface area contributed by atoms with E-state index in [0.717, 1.165) is 11.8 Å². The number of hydrogen-bond acceptors (Lipinski definition) is 12. The number of amides is 3. The molecule has 1 saturated heterocycles. The van der Waals surface area contributed by atoms with Crippen LogP contribution in [0.1, 0.15) is 113 Å². The van der Waals surface area contributed by atoms with Crippen LogP contribution in [-0.4, -0.2) is 81.2 Å². The second kappa shape index (κ2) is 17.2. The molecule has 1 spiro atoms. The van der Waals surface area contributed by atoms with Gasteiger partial charge in [0.15, 0.2) is 11.3 Å². The molecule has 0 saturated carbocycles. The Hall–Kier alpha value is -5.32. The number of halogens is 2. The van der Waals surface area contributed by atoms with Crippen molar-refractivity contribution in [3.05, 3.63) is 92.9 Å². The molecule has 4 heterocycles. The molecule has 3 atom stereocenters. The molecule has 0 radical (unpaired) electrons. The summed E-state index contributed by atoms with van der Waals surface area (Å²) in [5, 5.41) is 6.73. The molecule has 1 N–H and O–H groups in total. The number of oxime groups is 1. The number of carbonyl (C=O) groups is 3. The number of phosphoric acid groups is 1. The Morgan fingerprint density at radius 2 is 1.72 bits per heavy atom. The molecule has 0 aliphatic carbocycles. The van der Waals surface area contributed by atoms with Crippen molar-refractivity contribution >= 4 is 31.4 Å². The fraction of sp³-hybridized carbons (Fsp3) is 0.500. The van der Waals surface area contributed by atoms with Crippen LogP contribution < -0.4 is 20.0 Å². The van der Waals surface area contributed by atoms with E-state index in [2.05, 4.69) is 10.5 Å². The third-order valence-electron chi connectivity index (χ3n) is 10.2. The number of hydrogen-bond donors (Lipinski definition) is 1. The summed E-state index contributed by atoms with van der Waals surface area (Å²) in [5.41, 5.74) is -2.82. The highest BCUT2D eigenvalue weighted by atomic mass is 31.2. The van der Waals surface area contributed by atoms with E-state index in [4.69, 9.17) is 27.9 Å². The van der Waals surface area contributed by atoms with Gasteiger partial charge in [0, 0.05) is 57.0 Å². The van der Waals surface area contributed by atoms with E-state index in [1.165, 1.54) is 28.8 Å². The highest BCUT2D eigenvalue weighted by molar-refractivity contribution is 7.49. The van der Waals surface area contributed by atoms with Gasteiger partial charge in [0.1, 0.15) is 22.9 Å². The van der Waals surface area contributed by atoms with Crippen molar-refractivity contribution in [2.24, 2.45) is 5.16 Å². The van der Waals surface area contributed by atoms with Crippen molar-refractivity contribution in [3.8, 4) is 11.5 Å². The lowest BCUT2D eigenvalue weighted by Gasteiger charge is -2.42. The zero-order valence-corrected chi connectivity index (χ0v) is 36.6. The standard InChI is InChI=1S/C42H52F2N5O11P/c1-25-19-42(58-46-25)17-16-26(2)48-23-33(42)49-22-31(37(51)45-20-28-12-13-29(43)18-32(28)44)35(50)36(34(49)38(48)52)55-24-56-39(53)47(9)21-27-10-14-30(15-11-27)57-61(54,59-40(3,4)5)60-41(6,7)8/h10-15,18,22,26,33H,16-17,19-21,23-24H2,1-9H3,(H,45,51)/t26-,33+,42-/m0/s1. The second-order valence-corrected chi connectivity index (χ2v) is 19.0. The maximum Gasteiger partial charge on any atom is 0.531 e. The number of nitrogens with one attached hydrogen (secondary N) is 1. The number of carbonyl (C=O) groups excluding carboxylic acids is 3. The zero-order chi connectivity index (χ0) is 44.7. The van der Waals surface area contributed by atoms with E-state index in [1.54, 1.807) is 70.7 Å². The van der Waals surface area contributed by atoms with Gasteiger partial charge >= 0.3 is 13.9 Å². The summed E-state index contributed by atoms with van der Waals surface area (Å²) in [6.45, 7) is 13.1. The summed E-state index contributed by atoms with van der Waals surface area (Å²) < 4.78 is 71.4. The van der Waals surface area contributed by atoms with E-state index in [9.17, 15) is 32.5 Å². The largest absolute Gasteiger partial charge is 0.531 e. The Bertz CT molecular complexity index is 2310. The van der Waals surface area contributed by atoms with Gasteiger partial charge < -0.3 is 38.5 Å². The summed E-state index contributed by atoms with van der Waals surface area (Å²) >= 11 is 0. The van der Waals surface area contributed by atoms with Crippen LogP contribution in [0.4, 0.5) is 13.6 Å². The highest BCUT2D eigenvalue weighted by Gasteiger charge is 2.54. The van der Waals surface area contributed by atoms with Gasteiger partial charge in [-0.3, -0.25) is 23.4 Å². The Balaban J connectivity index is 1.22. The molecular formula is C42H52F2N5O11P. The maximum absolute atomic E-state index is 14.5. The molecule has 16 nitrogen and oxygen atoms in total. The van der Waals surface area contributed by atoms with Crippen molar-refractivity contribution in [3.63, 3.8) is 0 Å². The first-order valence-corrected chi connectivity index (χ1v) is 21.3. The molecular weight excluding hydrogens is 819 g/mol. The minimum atomic E-state index is -4.05. The van der Waals surface area contributed by atoms with Gasteiger partial charge in [-0.2, -0.15) is 0 Å². The number of benzene rings is 2. The lowest BCUT2D eigenvalue weighted by Crippen LogP contribution is -2.52. The highest BCUT2D eigenvalue weighted by Crippen LogP contribution is 2.55. The number of phosphoric ester groups is 1. The summed E-state index contributed by atoms with van der Waals surface area (Å²) in [4.78, 5) is 64.2. The third-order valence-corrected chi connectivity index (χ3v) is 12.1. The summed E-state index contributed by atoms with van der Waals surface area (Å²) in [7, 11) is -2.58. The average molecular weight is 872 g/mol. The van der Waals surface area contributed by atoms with Crippen LogP contribution in [0.25, 0.3) is 0 Å². The molecule has 3 aliphatic rings. The molecule has 0 unspecified atom stereocenters. The number of pyridine rings is 1. The zero-order valence-electron chi connectivity index (χ0n) is 35.7. The molecule has 3 aromatic rings. The van der Waals surface area contributed by atoms with Crippen LogP contribution in [0, 0.1) is 11.6 Å². The molecule has 3 aliphatic heterocycles. The van der Waals surface area contributed by atoms with Gasteiger partial charge in [-0.25, -0.2) is 18.1 Å². The van der Waals surface area contributed by atoms with Gasteiger partial charge in [0.2, 0.25) is 18.0 Å². The number of nitrogens with zero attached hydrogens (tertiary/aromatic N) is 4. The Morgan fingerprint density at radius 1 is 1.05 bits per heavy atom. The minimum Gasteiger partial charge on any atom is -0.451 e. The predicted octanol–water partition coefficient (Wildman–Crippen LogP) is 7.49. The predicted molar refractivity (Wildman–Crippen MR) is 218 cm³/mol. The second-order valence-electron chi connectivity index (χ2n) is 17.5. The number of ether oxygens (including phenoxy) is 2. The number of rotatable bonds is 12. The van der Waals surface area contributed by atoms with Gasteiger partial charge in [-0.1, -0.05) is 23.4 Å². The summed E-state index contributed by atoms with van der Waals surface area (Å²) in [6.07, 6.45) is 1.91. The van der Waals surface area contributed by atoms with E-state index in [-0.39, 0.29) is 42.7 Å². The van der Waals surface area contributed by atoms with Gasteiger partial charge in [0.25, 0.3) is 11.8 Å². The monoisotopic (exact) mass is 871 g/mol. The maximum atomic E-state index is 14.5. The average Bonchev–Trinajstić information content (AvgIpc) is 3.48. The van der Waals surface area contributed by atoms with Crippen molar-refractivity contribution in [1.29, 1.82) is 0 Å². The topological polar surface area (TPSA) is 177 Å². The van der Waals surface area contributed by atoms with Crippen LogP contribution in [0.15, 0.2) is 58.6 Å². The molecule has 6 rings (SSSR count). The molecule has 19 heteroatoms. The van der Waals surface area contributed by atoms with Gasteiger partial charge in [-0.05, 0) is 92.0 Å². The molecule has 3 amide bonds. The molecule has 2 bridgehead atoms. The van der Waals surface area contributed by atoms with Crippen molar-refractivity contribution in [1.82, 2.24) is 19.7 Å². The first-order valence-electron chi connectivity index (χ1n) is 19.8. The number of aromatic nitrogens is 1. The Labute approximate surface area is 352 Å². The Kier molecular flexibility index (Phi) is 12.8. The summed E-state index contributed by atoms with van der Waals surface area (Å²) in [6, 6.07) is 8.42. The van der Waals surface area contributed by atoms with Gasteiger partial charge in [-0.15, -0.1) is 0 Å². The first kappa shape index (κ1) is 45.2. The van der Waals surface area contributed by atoms with Crippen molar-refractivity contribution < 1.29 is 55.6 Å². The SMILES string of the molecule is CC1=NO[C@@]2(CC[C@H](C)N3C[C@H]2n2cc(C(=O)NCc4ccc(F)cc4F)c(=O)c(OCOC(=O)N(C)Cc4ccc(OP(=O)(OC(C)(C)C)OC(C)(C)C)cc4)c2C3=O)C1. The van der Waals surface area contributed by atoms with E-state index >= 15 is 0 Å². The summed E-state index contributed by atoms with van der Waals surface area (Å²) in [5.74, 6) is -3.46. The van der Waals surface area contributed by atoms with E-state index in [0.29, 0.717) is 30.9 Å². The van der Waals surface area contributed by atoms with E-state index in [1.807, 2.05) is 13.8 Å². The van der Waals surface area contributed by atoms with E-state index < -0.39 is 83.7 Å².